The Kier molecular flexibility index (Phi) is 4.82. The fourth-order valence-electron chi connectivity index (χ4n) is 1.51. The topological polar surface area (TPSA) is 91.8 Å². The van der Waals surface area contributed by atoms with Gasteiger partial charge in [0.25, 0.3) is 0 Å². The number of nitrogens with one attached hydrogen (secondary N) is 3. The Bertz CT molecular complexity index is 543. The molecule has 0 aromatic carbocycles. The molecule has 0 saturated carbocycles. The fourth-order valence-corrected chi connectivity index (χ4v) is 1.51. The van der Waals surface area contributed by atoms with Crippen LogP contribution in [0.15, 0.2) is 36.7 Å². The second kappa shape index (κ2) is 7.03. The molecule has 2 aromatic rings. The highest BCUT2D eigenvalue weighted by Gasteiger charge is 1.98. The van der Waals surface area contributed by atoms with E-state index in [0.29, 0.717) is 24.7 Å². The second-order valence-corrected chi connectivity index (χ2v) is 4.07. The summed E-state index contributed by atoms with van der Waals surface area (Å²) in [5.74, 6) is 1.27. The van der Waals surface area contributed by atoms with Crippen LogP contribution in [0.5, 0.6) is 0 Å². The standard InChI is InChI=1S/C13H16N6O/c1-10(20)15-8-9-16-12-2-3-13(19-18-12)17-11-4-6-14-7-5-11/h2-7H,8-9H2,1H3,(H,15,20)(H,16,18)(H,14,17,19). The molecule has 1 amide bonds. The molecule has 2 heterocycles. The van der Waals surface area contributed by atoms with Crippen LogP contribution in [-0.4, -0.2) is 34.2 Å². The molecule has 0 aliphatic heterocycles. The van der Waals surface area contributed by atoms with Gasteiger partial charge in [-0.2, -0.15) is 0 Å². The maximum absolute atomic E-state index is 10.7. The van der Waals surface area contributed by atoms with Crippen LogP contribution in [-0.2, 0) is 4.79 Å². The minimum absolute atomic E-state index is 0.0465. The number of hydrogen-bond donors (Lipinski definition) is 3. The Morgan fingerprint density at radius 3 is 2.40 bits per heavy atom. The maximum atomic E-state index is 10.7. The number of carbonyl (C=O) groups is 1. The fraction of sp³-hybridized carbons (Fsp3) is 0.231. The first-order valence-corrected chi connectivity index (χ1v) is 6.23. The molecule has 0 radical (unpaired) electrons. The summed E-state index contributed by atoms with van der Waals surface area (Å²) < 4.78 is 0. The van der Waals surface area contributed by atoms with Gasteiger partial charge in [-0.15, -0.1) is 10.2 Å². The van der Waals surface area contributed by atoms with Crippen molar-refractivity contribution in [3.8, 4) is 0 Å². The Morgan fingerprint density at radius 1 is 1.05 bits per heavy atom. The SMILES string of the molecule is CC(=O)NCCNc1ccc(Nc2ccncc2)nn1. The molecule has 0 saturated heterocycles. The molecule has 0 atom stereocenters. The van der Waals surface area contributed by atoms with Gasteiger partial charge in [0.2, 0.25) is 5.91 Å². The number of pyridine rings is 1. The maximum Gasteiger partial charge on any atom is 0.216 e. The first kappa shape index (κ1) is 13.7. The van der Waals surface area contributed by atoms with E-state index in [9.17, 15) is 4.79 Å². The van der Waals surface area contributed by atoms with Gasteiger partial charge in [0, 0.05) is 38.1 Å². The van der Waals surface area contributed by atoms with E-state index >= 15 is 0 Å². The van der Waals surface area contributed by atoms with Gasteiger partial charge in [-0.25, -0.2) is 0 Å². The van der Waals surface area contributed by atoms with Crippen molar-refractivity contribution in [3.05, 3.63) is 36.7 Å². The van der Waals surface area contributed by atoms with E-state index in [1.54, 1.807) is 12.4 Å². The third-order valence-electron chi connectivity index (χ3n) is 2.42. The highest BCUT2D eigenvalue weighted by molar-refractivity contribution is 5.72. The smallest absolute Gasteiger partial charge is 0.216 e. The van der Waals surface area contributed by atoms with E-state index in [4.69, 9.17) is 0 Å². The largest absolute Gasteiger partial charge is 0.367 e. The van der Waals surface area contributed by atoms with Crippen molar-refractivity contribution >= 4 is 23.2 Å². The molecule has 0 aliphatic rings. The molecule has 7 heteroatoms. The monoisotopic (exact) mass is 272 g/mol. The molecule has 0 unspecified atom stereocenters. The third kappa shape index (κ3) is 4.52. The van der Waals surface area contributed by atoms with Crippen LogP contribution in [0.25, 0.3) is 0 Å². The molecule has 3 N–H and O–H groups in total. The zero-order valence-corrected chi connectivity index (χ0v) is 11.1. The third-order valence-corrected chi connectivity index (χ3v) is 2.42. The van der Waals surface area contributed by atoms with E-state index in [1.807, 2.05) is 24.3 Å². The minimum atomic E-state index is -0.0465. The highest BCUT2D eigenvalue weighted by atomic mass is 16.1. The first-order chi connectivity index (χ1) is 9.74. The minimum Gasteiger partial charge on any atom is -0.367 e. The van der Waals surface area contributed by atoms with Gasteiger partial charge in [-0.1, -0.05) is 0 Å². The number of rotatable bonds is 6. The van der Waals surface area contributed by atoms with Crippen LogP contribution < -0.4 is 16.0 Å². The van der Waals surface area contributed by atoms with Crippen molar-refractivity contribution in [1.29, 1.82) is 0 Å². The molecule has 7 nitrogen and oxygen atoms in total. The summed E-state index contributed by atoms with van der Waals surface area (Å²) >= 11 is 0. The molecule has 2 aromatic heterocycles. The molecular weight excluding hydrogens is 256 g/mol. The van der Waals surface area contributed by atoms with Crippen molar-refractivity contribution in [2.45, 2.75) is 6.92 Å². The summed E-state index contributed by atoms with van der Waals surface area (Å²) in [6.07, 6.45) is 3.40. The lowest BCUT2D eigenvalue weighted by Crippen LogP contribution is -2.26. The Morgan fingerprint density at radius 2 is 1.75 bits per heavy atom. The normalized spacial score (nSPS) is 9.85. The van der Waals surface area contributed by atoms with E-state index in [1.165, 1.54) is 6.92 Å². The second-order valence-electron chi connectivity index (χ2n) is 4.07. The van der Waals surface area contributed by atoms with Crippen LogP contribution in [0.4, 0.5) is 17.3 Å². The van der Waals surface area contributed by atoms with Gasteiger partial charge in [-0.05, 0) is 24.3 Å². The van der Waals surface area contributed by atoms with Crippen molar-refractivity contribution < 1.29 is 4.79 Å². The molecular formula is C13H16N6O. The van der Waals surface area contributed by atoms with Crippen LogP contribution in [0.3, 0.4) is 0 Å². The van der Waals surface area contributed by atoms with Crippen molar-refractivity contribution in [1.82, 2.24) is 20.5 Å². The van der Waals surface area contributed by atoms with Gasteiger partial charge in [0.1, 0.15) is 5.82 Å². The summed E-state index contributed by atoms with van der Waals surface area (Å²) in [6, 6.07) is 7.35. The molecule has 104 valence electrons. The number of aromatic nitrogens is 3. The van der Waals surface area contributed by atoms with Crippen LogP contribution in [0, 0.1) is 0 Å². The number of carbonyl (C=O) groups excluding carboxylic acids is 1. The number of amides is 1. The lowest BCUT2D eigenvalue weighted by atomic mass is 10.4. The van der Waals surface area contributed by atoms with Crippen LogP contribution in [0.2, 0.25) is 0 Å². The number of nitrogens with zero attached hydrogens (tertiary/aromatic N) is 3. The van der Waals surface area contributed by atoms with Crippen LogP contribution in [0.1, 0.15) is 6.92 Å². The van der Waals surface area contributed by atoms with Crippen LogP contribution >= 0.6 is 0 Å². The highest BCUT2D eigenvalue weighted by Crippen LogP contribution is 2.12. The van der Waals surface area contributed by atoms with Crippen molar-refractivity contribution in [3.63, 3.8) is 0 Å². The Labute approximate surface area is 116 Å². The molecule has 2 rings (SSSR count). The van der Waals surface area contributed by atoms with E-state index in [2.05, 4.69) is 31.1 Å². The molecule has 0 fully saturated rings. The van der Waals surface area contributed by atoms with Gasteiger partial charge >= 0.3 is 0 Å². The van der Waals surface area contributed by atoms with E-state index < -0.39 is 0 Å². The molecule has 0 aliphatic carbocycles. The zero-order valence-electron chi connectivity index (χ0n) is 11.1. The van der Waals surface area contributed by atoms with E-state index in [0.717, 1.165) is 5.69 Å². The molecule has 20 heavy (non-hydrogen) atoms. The number of anilines is 3. The van der Waals surface area contributed by atoms with Crippen molar-refractivity contribution in [2.75, 3.05) is 23.7 Å². The first-order valence-electron chi connectivity index (χ1n) is 6.23. The summed E-state index contributed by atoms with van der Waals surface area (Å²) in [6.45, 7) is 2.64. The van der Waals surface area contributed by atoms with Gasteiger partial charge < -0.3 is 16.0 Å². The lowest BCUT2D eigenvalue weighted by Gasteiger charge is -2.07. The average molecular weight is 272 g/mol. The summed E-state index contributed by atoms with van der Waals surface area (Å²) in [5.41, 5.74) is 0.903. The molecule has 0 bridgehead atoms. The predicted octanol–water partition coefficient (Wildman–Crippen LogP) is 1.16. The summed E-state index contributed by atoms with van der Waals surface area (Å²) in [7, 11) is 0. The van der Waals surface area contributed by atoms with E-state index in [-0.39, 0.29) is 5.91 Å². The zero-order chi connectivity index (χ0) is 14.2. The quantitative estimate of drug-likeness (QED) is 0.684. The van der Waals surface area contributed by atoms with Gasteiger partial charge in [-0.3, -0.25) is 9.78 Å². The van der Waals surface area contributed by atoms with Crippen molar-refractivity contribution in [2.24, 2.45) is 0 Å². The molecule has 0 spiro atoms. The van der Waals surface area contributed by atoms with Gasteiger partial charge in [0.05, 0.1) is 0 Å². The average Bonchev–Trinajstić information content (AvgIpc) is 2.46. The lowest BCUT2D eigenvalue weighted by molar-refractivity contribution is -0.118. The number of hydrogen-bond acceptors (Lipinski definition) is 6. The summed E-state index contributed by atoms with van der Waals surface area (Å²) in [5, 5.41) is 17.0. The summed E-state index contributed by atoms with van der Waals surface area (Å²) in [4.78, 5) is 14.6. The predicted molar refractivity (Wildman–Crippen MR) is 76.7 cm³/mol. The van der Waals surface area contributed by atoms with Gasteiger partial charge in [0.15, 0.2) is 5.82 Å². The Hall–Kier alpha value is -2.70. The Balaban J connectivity index is 1.82.